The second-order valence-corrected chi connectivity index (χ2v) is 8.16. The summed E-state index contributed by atoms with van der Waals surface area (Å²) >= 11 is 0. The lowest BCUT2D eigenvalue weighted by molar-refractivity contribution is -0.150. The van der Waals surface area contributed by atoms with E-state index in [0.29, 0.717) is 13.1 Å². The van der Waals surface area contributed by atoms with Gasteiger partial charge >= 0.3 is 0 Å². The molecule has 154 valence electrons. The summed E-state index contributed by atoms with van der Waals surface area (Å²) < 4.78 is 10.8. The number of carbonyl (C=O) groups is 2. The van der Waals surface area contributed by atoms with Gasteiger partial charge in [0, 0.05) is 38.8 Å². The van der Waals surface area contributed by atoms with Gasteiger partial charge in [-0.15, -0.1) is 0 Å². The van der Waals surface area contributed by atoms with Gasteiger partial charge in [-0.1, -0.05) is 13.0 Å². The van der Waals surface area contributed by atoms with E-state index >= 15 is 0 Å². The minimum Gasteiger partial charge on any atom is -0.454 e. The molecule has 1 N–H and O–H groups in total. The zero-order valence-corrected chi connectivity index (χ0v) is 17.3. The molecular weight excluding hydrogens is 358 g/mol. The van der Waals surface area contributed by atoms with Gasteiger partial charge in [0.1, 0.15) is 5.41 Å². The maximum atomic E-state index is 12.9. The first-order valence-corrected chi connectivity index (χ1v) is 10.0. The molecule has 0 spiro atoms. The lowest BCUT2D eigenvalue weighted by Gasteiger charge is -2.38. The number of nitrogens with zero attached hydrogens (tertiary/aromatic N) is 2. The number of ether oxygens (including phenoxy) is 2. The quantitative estimate of drug-likeness (QED) is 0.754. The van der Waals surface area contributed by atoms with Gasteiger partial charge in [-0.05, 0) is 44.9 Å². The number of piperazine rings is 1. The van der Waals surface area contributed by atoms with E-state index in [1.165, 1.54) is 0 Å². The zero-order valence-electron chi connectivity index (χ0n) is 17.3. The summed E-state index contributed by atoms with van der Waals surface area (Å²) in [6.45, 7) is 11.3. The van der Waals surface area contributed by atoms with Gasteiger partial charge < -0.3 is 19.7 Å². The Hall–Kier alpha value is -2.28. The molecule has 2 aliphatic rings. The maximum Gasteiger partial charge on any atom is 0.237 e. The summed E-state index contributed by atoms with van der Waals surface area (Å²) in [5.41, 5.74) is 0.111. The van der Waals surface area contributed by atoms with E-state index < -0.39 is 5.41 Å². The molecule has 1 unspecified atom stereocenters. The van der Waals surface area contributed by atoms with E-state index in [2.05, 4.69) is 10.2 Å². The number of amides is 2. The van der Waals surface area contributed by atoms with Crippen LogP contribution in [0.25, 0.3) is 0 Å². The first kappa shape index (κ1) is 20.5. The molecule has 1 aromatic rings. The molecular formula is C21H31N3O4. The van der Waals surface area contributed by atoms with Crippen LogP contribution in [0, 0.1) is 5.41 Å². The van der Waals surface area contributed by atoms with Crippen molar-refractivity contribution in [3.05, 3.63) is 23.8 Å². The third-order valence-electron chi connectivity index (χ3n) is 5.59. The van der Waals surface area contributed by atoms with Gasteiger partial charge in [0.25, 0.3) is 0 Å². The summed E-state index contributed by atoms with van der Waals surface area (Å²) in [6.07, 6.45) is 0.842. The van der Waals surface area contributed by atoms with Crippen LogP contribution >= 0.6 is 0 Å². The molecule has 1 fully saturated rings. The molecule has 1 atom stereocenters. The molecule has 0 bridgehead atoms. The Morgan fingerprint density at radius 1 is 1.14 bits per heavy atom. The highest BCUT2D eigenvalue weighted by Gasteiger charge is 2.40. The monoisotopic (exact) mass is 389 g/mol. The molecule has 3 rings (SSSR count). The van der Waals surface area contributed by atoms with Crippen LogP contribution < -0.4 is 14.8 Å². The normalized spacial score (nSPS) is 18.1. The standard InChI is InChI=1S/C21H31N3O4/c1-5-15(2)22-19(25)21(3,4)20(26)24-10-8-23(9-11-24)13-16-6-7-17-18(12-16)28-14-27-17/h6-7,12,15H,5,8-11,13-14H2,1-4H3,(H,22,25). The molecule has 0 aromatic heterocycles. The van der Waals surface area contributed by atoms with Gasteiger partial charge in [0.15, 0.2) is 11.5 Å². The van der Waals surface area contributed by atoms with E-state index in [-0.39, 0.29) is 24.6 Å². The van der Waals surface area contributed by atoms with E-state index in [0.717, 1.165) is 43.1 Å². The molecule has 2 heterocycles. The summed E-state index contributed by atoms with van der Waals surface area (Å²) in [4.78, 5) is 29.6. The fourth-order valence-corrected chi connectivity index (χ4v) is 3.41. The predicted molar refractivity (Wildman–Crippen MR) is 106 cm³/mol. The van der Waals surface area contributed by atoms with E-state index in [9.17, 15) is 9.59 Å². The zero-order chi connectivity index (χ0) is 20.3. The lowest BCUT2D eigenvalue weighted by Crippen LogP contribution is -2.56. The summed E-state index contributed by atoms with van der Waals surface area (Å²) in [5, 5.41) is 2.93. The topological polar surface area (TPSA) is 71.1 Å². The summed E-state index contributed by atoms with van der Waals surface area (Å²) in [7, 11) is 0. The van der Waals surface area contributed by atoms with E-state index in [1.807, 2.05) is 36.9 Å². The number of carbonyl (C=O) groups excluding carboxylic acids is 2. The van der Waals surface area contributed by atoms with Gasteiger partial charge in [0.2, 0.25) is 18.6 Å². The smallest absolute Gasteiger partial charge is 0.237 e. The van der Waals surface area contributed by atoms with Crippen molar-refractivity contribution in [1.29, 1.82) is 0 Å². The molecule has 1 saturated heterocycles. The molecule has 2 aliphatic heterocycles. The summed E-state index contributed by atoms with van der Waals surface area (Å²) in [5.74, 6) is 1.28. The maximum absolute atomic E-state index is 12.9. The summed E-state index contributed by atoms with van der Waals surface area (Å²) in [6, 6.07) is 6.07. The van der Waals surface area contributed by atoms with Crippen LogP contribution in [0.4, 0.5) is 0 Å². The highest BCUT2D eigenvalue weighted by molar-refractivity contribution is 6.04. The van der Waals surface area contributed by atoms with Crippen LogP contribution in [0.1, 0.15) is 39.7 Å². The van der Waals surface area contributed by atoms with Gasteiger partial charge in [-0.3, -0.25) is 14.5 Å². The van der Waals surface area contributed by atoms with Crippen molar-refractivity contribution in [2.45, 2.75) is 46.7 Å². The van der Waals surface area contributed by atoms with Crippen LogP contribution in [-0.2, 0) is 16.1 Å². The minimum absolute atomic E-state index is 0.0677. The van der Waals surface area contributed by atoms with Crippen molar-refractivity contribution in [2.75, 3.05) is 33.0 Å². The van der Waals surface area contributed by atoms with Crippen LogP contribution in [0.2, 0.25) is 0 Å². The molecule has 0 saturated carbocycles. The van der Waals surface area contributed by atoms with Crippen molar-refractivity contribution in [2.24, 2.45) is 5.41 Å². The Labute approximate surface area is 167 Å². The number of nitrogens with one attached hydrogen (secondary N) is 1. The minimum atomic E-state index is -1.05. The number of hydrogen-bond acceptors (Lipinski definition) is 5. The Bertz CT molecular complexity index is 726. The molecule has 1 aromatic carbocycles. The van der Waals surface area contributed by atoms with Crippen LogP contribution in [0.3, 0.4) is 0 Å². The highest BCUT2D eigenvalue weighted by Crippen LogP contribution is 2.33. The molecule has 0 radical (unpaired) electrons. The molecule has 7 nitrogen and oxygen atoms in total. The average molecular weight is 389 g/mol. The van der Waals surface area contributed by atoms with Gasteiger partial charge in [-0.2, -0.15) is 0 Å². The van der Waals surface area contributed by atoms with Crippen molar-refractivity contribution < 1.29 is 19.1 Å². The Morgan fingerprint density at radius 2 is 1.82 bits per heavy atom. The predicted octanol–water partition coefficient (Wildman–Crippen LogP) is 2.00. The largest absolute Gasteiger partial charge is 0.454 e. The van der Waals surface area contributed by atoms with Crippen molar-refractivity contribution in [3.63, 3.8) is 0 Å². The van der Waals surface area contributed by atoms with E-state index in [4.69, 9.17) is 9.47 Å². The first-order valence-electron chi connectivity index (χ1n) is 10.0. The van der Waals surface area contributed by atoms with Gasteiger partial charge in [0.05, 0.1) is 0 Å². The number of hydrogen-bond donors (Lipinski definition) is 1. The Kier molecular flexibility index (Phi) is 6.13. The lowest BCUT2D eigenvalue weighted by atomic mass is 9.89. The third kappa shape index (κ3) is 4.41. The molecule has 7 heteroatoms. The fourth-order valence-electron chi connectivity index (χ4n) is 3.41. The Morgan fingerprint density at radius 3 is 2.50 bits per heavy atom. The third-order valence-corrected chi connectivity index (χ3v) is 5.59. The van der Waals surface area contributed by atoms with E-state index in [1.54, 1.807) is 13.8 Å². The second kappa shape index (κ2) is 8.39. The second-order valence-electron chi connectivity index (χ2n) is 8.16. The number of rotatable bonds is 6. The van der Waals surface area contributed by atoms with Crippen molar-refractivity contribution in [1.82, 2.24) is 15.1 Å². The fraction of sp³-hybridized carbons (Fsp3) is 0.619. The molecule has 2 amide bonds. The SMILES string of the molecule is CCC(C)NC(=O)C(C)(C)C(=O)N1CCN(Cc2ccc3c(c2)OCO3)CC1. The van der Waals surface area contributed by atoms with Crippen LogP contribution in [-0.4, -0.2) is 60.6 Å². The Balaban J connectivity index is 1.53. The van der Waals surface area contributed by atoms with Gasteiger partial charge in [-0.25, -0.2) is 0 Å². The van der Waals surface area contributed by atoms with Crippen molar-refractivity contribution >= 4 is 11.8 Å². The first-order chi connectivity index (χ1) is 13.3. The number of benzene rings is 1. The van der Waals surface area contributed by atoms with Crippen molar-refractivity contribution in [3.8, 4) is 11.5 Å². The van der Waals surface area contributed by atoms with Crippen LogP contribution in [0.5, 0.6) is 11.5 Å². The average Bonchev–Trinajstić information content (AvgIpc) is 3.15. The molecule has 0 aliphatic carbocycles. The molecule has 28 heavy (non-hydrogen) atoms. The number of fused-ring (bicyclic) bond motifs is 1. The highest BCUT2D eigenvalue weighted by atomic mass is 16.7. The van der Waals surface area contributed by atoms with Crippen LogP contribution in [0.15, 0.2) is 18.2 Å².